The SMILES string of the molecule is CC[C@H](C)[C@H](NC(=O)c1cnccn1)C(=O)N[C@@H](CCC(F)(F)F)C(=O)O. The topological polar surface area (TPSA) is 121 Å². The van der Waals surface area contributed by atoms with E-state index in [1.54, 1.807) is 13.8 Å². The summed E-state index contributed by atoms with van der Waals surface area (Å²) in [7, 11) is 0. The summed E-state index contributed by atoms with van der Waals surface area (Å²) in [6.45, 7) is 3.39. The first-order valence-electron chi connectivity index (χ1n) is 8.22. The molecule has 0 aliphatic heterocycles. The molecule has 0 spiro atoms. The van der Waals surface area contributed by atoms with Crippen LogP contribution in [0.5, 0.6) is 0 Å². The minimum absolute atomic E-state index is 0.0505. The summed E-state index contributed by atoms with van der Waals surface area (Å²) < 4.78 is 37.0. The van der Waals surface area contributed by atoms with Gasteiger partial charge in [-0.2, -0.15) is 13.2 Å². The molecule has 8 nitrogen and oxygen atoms in total. The van der Waals surface area contributed by atoms with Crippen LogP contribution in [0.4, 0.5) is 13.2 Å². The molecule has 3 atom stereocenters. The van der Waals surface area contributed by atoms with E-state index < -0.39 is 54.8 Å². The summed E-state index contributed by atoms with van der Waals surface area (Å²) in [6, 6.07) is -2.86. The Bertz CT molecular complexity index is 655. The highest BCUT2D eigenvalue weighted by molar-refractivity contribution is 5.96. The van der Waals surface area contributed by atoms with E-state index in [4.69, 9.17) is 5.11 Å². The first-order valence-corrected chi connectivity index (χ1v) is 8.22. The highest BCUT2D eigenvalue weighted by Crippen LogP contribution is 2.22. The normalized spacial score (nSPS) is 14.7. The molecule has 11 heteroatoms. The Morgan fingerprint density at radius 2 is 1.89 bits per heavy atom. The molecular formula is C16H21F3N4O4. The molecule has 1 heterocycles. The van der Waals surface area contributed by atoms with E-state index in [9.17, 15) is 27.6 Å². The van der Waals surface area contributed by atoms with Gasteiger partial charge in [-0.3, -0.25) is 14.6 Å². The van der Waals surface area contributed by atoms with Crippen LogP contribution in [0.2, 0.25) is 0 Å². The van der Waals surface area contributed by atoms with Crippen LogP contribution >= 0.6 is 0 Å². The maximum Gasteiger partial charge on any atom is 0.389 e. The van der Waals surface area contributed by atoms with Crippen molar-refractivity contribution in [3.63, 3.8) is 0 Å². The van der Waals surface area contributed by atoms with Crippen molar-refractivity contribution in [1.29, 1.82) is 0 Å². The first kappa shape index (κ1) is 22.3. The lowest BCUT2D eigenvalue weighted by molar-refractivity contribution is -0.148. The van der Waals surface area contributed by atoms with Crippen LogP contribution in [-0.2, 0) is 9.59 Å². The number of carbonyl (C=O) groups is 3. The zero-order valence-corrected chi connectivity index (χ0v) is 14.8. The van der Waals surface area contributed by atoms with Gasteiger partial charge in [-0.25, -0.2) is 9.78 Å². The Balaban J connectivity index is 2.87. The van der Waals surface area contributed by atoms with Gasteiger partial charge >= 0.3 is 12.1 Å². The number of rotatable bonds is 9. The molecule has 0 aromatic carbocycles. The smallest absolute Gasteiger partial charge is 0.389 e. The molecule has 0 bridgehead atoms. The number of hydrogen-bond donors (Lipinski definition) is 3. The van der Waals surface area contributed by atoms with Crippen LogP contribution in [0.25, 0.3) is 0 Å². The zero-order valence-electron chi connectivity index (χ0n) is 14.8. The molecule has 3 N–H and O–H groups in total. The summed E-state index contributed by atoms with van der Waals surface area (Å²) in [5.41, 5.74) is -0.0505. The summed E-state index contributed by atoms with van der Waals surface area (Å²) in [4.78, 5) is 43.3. The second-order valence-electron chi connectivity index (χ2n) is 5.98. The average molecular weight is 390 g/mol. The van der Waals surface area contributed by atoms with Crippen LogP contribution < -0.4 is 10.6 Å². The molecular weight excluding hydrogens is 369 g/mol. The van der Waals surface area contributed by atoms with Crippen LogP contribution in [0.1, 0.15) is 43.6 Å². The Kier molecular flexibility index (Phi) is 8.13. The largest absolute Gasteiger partial charge is 0.480 e. The minimum Gasteiger partial charge on any atom is -0.480 e. The number of carboxylic acids is 1. The quantitative estimate of drug-likeness (QED) is 0.588. The van der Waals surface area contributed by atoms with Crippen LogP contribution in [0, 0.1) is 5.92 Å². The van der Waals surface area contributed by atoms with E-state index in [0.29, 0.717) is 6.42 Å². The predicted octanol–water partition coefficient (Wildman–Crippen LogP) is 1.53. The van der Waals surface area contributed by atoms with Gasteiger partial charge in [-0.05, 0) is 12.3 Å². The second-order valence-corrected chi connectivity index (χ2v) is 5.98. The van der Waals surface area contributed by atoms with Crippen molar-refractivity contribution in [3.05, 3.63) is 24.3 Å². The maximum absolute atomic E-state index is 12.4. The van der Waals surface area contributed by atoms with Gasteiger partial charge in [0.15, 0.2) is 0 Å². The summed E-state index contributed by atoms with van der Waals surface area (Å²) in [5.74, 6) is -3.57. The molecule has 1 aromatic rings. The molecule has 0 radical (unpaired) electrons. The fraction of sp³-hybridized carbons (Fsp3) is 0.562. The van der Waals surface area contributed by atoms with Crippen LogP contribution in [-0.4, -0.2) is 51.1 Å². The third-order valence-electron chi connectivity index (χ3n) is 3.91. The summed E-state index contributed by atoms with van der Waals surface area (Å²) >= 11 is 0. The van der Waals surface area contributed by atoms with Gasteiger partial charge in [0.25, 0.3) is 5.91 Å². The van der Waals surface area contributed by atoms with Crippen molar-refractivity contribution in [2.75, 3.05) is 0 Å². The molecule has 1 aromatic heterocycles. The van der Waals surface area contributed by atoms with Gasteiger partial charge in [0.2, 0.25) is 5.91 Å². The number of nitrogens with zero attached hydrogens (tertiary/aromatic N) is 2. The molecule has 27 heavy (non-hydrogen) atoms. The minimum atomic E-state index is -4.55. The molecule has 0 saturated heterocycles. The van der Waals surface area contributed by atoms with Gasteiger partial charge in [-0.1, -0.05) is 20.3 Å². The fourth-order valence-corrected chi connectivity index (χ4v) is 2.16. The maximum atomic E-state index is 12.4. The molecule has 0 saturated carbocycles. The lowest BCUT2D eigenvalue weighted by atomic mass is 9.97. The molecule has 150 valence electrons. The van der Waals surface area contributed by atoms with E-state index in [1.165, 1.54) is 18.6 Å². The predicted molar refractivity (Wildman–Crippen MR) is 87.6 cm³/mol. The first-order chi connectivity index (χ1) is 12.5. The fourth-order valence-electron chi connectivity index (χ4n) is 2.16. The molecule has 0 unspecified atom stereocenters. The number of hydrogen-bond acceptors (Lipinski definition) is 5. The second kappa shape index (κ2) is 9.83. The average Bonchev–Trinajstić information content (AvgIpc) is 2.61. The van der Waals surface area contributed by atoms with Crippen molar-refractivity contribution in [1.82, 2.24) is 20.6 Å². The third-order valence-corrected chi connectivity index (χ3v) is 3.91. The number of halogens is 3. The number of alkyl halides is 3. The van der Waals surface area contributed by atoms with Crippen molar-refractivity contribution in [2.45, 2.75) is 51.4 Å². The Morgan fingerprint density at radius 1 is 1.22 bits per heavy atom. The van der Waals surface area contributed by atoms with E-state index >= 15 is 0 Å². The molecule has 2 amide bonds. The molecule has 1 rings (SSSR count). The standard InChI is InChI=1S/C16H21F3N4O4/c1-3-9(2)12(23-13(24)11-8-20-6-7-21-11)14(25)22-10(15(26)27)4-5-16(17,18)19/h6-10,12H,3-5H2,1-2H3,(H,22,25)(H,23,24)(H,26,27)/t9-,10-,12-/m0/s1. The number of carboxylic acid groups (broad SMARTS) is 1. The highest BCUT2D eigenvalue weighted by atomic mass is 19.4. The number of aromatic nitrogens is 2. The summed E-state index contributed by atoms with van der Waals surface area (Å²) in [6.07, 6.45) is -2.43. The van der Waals surface area contributed by atoms with Gasteiger partial charge in [0.1, 0.15) is 17.8 Å². The van der Waals surface area contributed by atoms with E-state index in [-0.39, 0.29) is 5.69 Å². The van der Waals surface area contributed by atoms with Crippen molar-refractivity contribution in [3.8, 4) is 0 Å². The van der Waals surface area contributed by atoms with E-state index in [0.717, 1.165) is 0 Å². The molecule has 0 aliphatic rings. The van der Waals surface area contributed by atoms with Crippen LogP contribution in [0.3, 0.4) is 0 Å². The van der Waals surface area contributed by atoms with Gasteiger partial charge < -0.3 is 15.7 Å². The van der Waals surface area contributed by atoms with E-state index in [1.807, 2.05) is 0 Å². The zero-order chi connectivity index (χ0) is 20.6. The number of aliphatic carboxylic acids is 1. The Labute approximate surface area is 153 Å². The van der Waals surface area contributed by atoms with Crippen LogP contribution in [0.15, 0.2) is 18.6 Å². The molecule has 0 aliphatic carbocycles. The lowest BCUT2D eigenvalue weighted by Gasteiger charge is -2.25. The van der Waals surface area contributed by atoms with Crippen molar-refractivity contribution in [2.24, 2.45) is 5.92 Å². The Hall–Kier alpha value is -2.72. The number of amides is 2. The number of nitrogens with one attached hydrogen (secondary N) is 2. The molecule has 0 fully saturated rings. The van der Waals surface area contributed by atoms with Crippen molar-refractivity contribution < 1.29 is 32.7 Å². The van der Waals surface area contributed by atoms with E-state index in [2.05, 4.69) is 20.6 Å². The summed E-state index contributed by atoms with van der Waals surface area (Å²) in [5, 5.41) is 13.6. The monoisotopic (exact) mass is 390 g/mol. The lowest BCUT2D eigenvalue weighted by Crippen LogP contribution is -2.54. The third kappa shape index (κ3) is 7.59. The highest BCUT2D eigenvalue weighted by Gasteiger charge is 2.34. The van der Waals surface area contributed by atoms with Gasteiger partial charge in [0.05, 0.1) is 6.20 Å². The Morgan fingerprint density at radius 3 is 2.37 bits per heavy atom. The number of carbonyl (C=O) groups excluding carboxylic acids is 2. The van der Waals surface area contributed by atoms with Gasteiger partial charge in [-0.15, -0.1) is 0 Å². The van der Waals surface area contributed by atoms with Gasteiger partial charge in [0, 0.05) is 18.8 Å². The van der Waals surface area contributed by atoms with Crippen molar-refractivity contribution >= 4 is 17.8 Å².